The molecule has 0 saturated heterocycles. The lowest BCUT2D eigenvalue weighted by atomic mass is 10.0. The van der Waals surface area contributed by atoms with Crippen LogP contribution >= 0.6 is 23.2 Å². The minimum absolute atomic E-state index is 0.0581. The molecular weight excluding hydrogens is 511 g/mol. The van der Waals surface area contributed by atoms with Crippen molar-refractivity contribution in [3.8, 4) is 22.6 Å². The second-order valence-electron chi connectivity index (χ2n) is 7.31. The van der Waals surface area contributed by atoms with E-state index in [-0.39, 0.29) is 28.0 Å². The molecule has 4 rings (SSSR count). The molecule has 1 N–H and O–H groups in total. The molecule has 0 saturated carbocycles. The van der Waals surface area contributed by atoms with Gasteiger partial charge >= 0.3 is 12.1 Å². The molecule has 5 nitrogen and oxygen atoms in total. The highest BCUT2D eigenvalue weighted by molar-refractivity contribution is 6.37. The van der Waals surface area contributed by atoms with Crippen molar-refractivity contribution in [2.45, 2.75) is 12.8 Å². The van der Waals surface area contributed by atoms with E-state index in [4.69, 9.17) is 33.0 Å². The number of carbonyl (C=O) groups is 1. The SMILES string of the molecule is O=C(O)c1ccc(-c2ccc(OCc3cc(C(F)(F)F)nn3-c3c(Cl)cccc3Cl)cc2)cc1F. The summed E-state index contributed by atoms with van der Waals surface area (Å²) >= 11 is 12.3. The Morgan fingerprint density at radius 1 is 0.971 bits per heavy atom. The van der Waals surface area contributed by atoms with Crippen LogP contribution in [-0.2, 0) is 12.8 Å². The van der Waals surface area contributed by atoms with Gasteiger partial charge in [-0.3, -0.25) is 0 Å². The molecule has 4 aromatic rings. The van der Waals surface area contributed by atoms with Gasteiger partial charge in [-0.05, 0) is 53.6 Å². The van der Waals surface area contributed by atoms with Crippen molar-refractivity contribution in [3.05, 3.63) is 99.5 Å². The van der Waals surface area contributed by atoms with Crippen molar-refractivity contribution in [1.29, 1.82) is 0 Å². The maximum absolute atomic E-state index is 14.0. The zero-order valence-corrected chi connectivity index (χ0v) is 19.0. The van der Waals surface area contributed by atoms with Gasteiger partial charge in [0.25, 0.3) is 0 Å². The molecule has 0 aliphatic rings. The number of nitrogens with zero attached hydrogens (tertiary/aromatic N) is 2. The van der Waals surface area contributed by atoms with Gasteiger partial charge in [-0.15, -0.1) is 0 Å². The molecule has 0 amide bonds. The van der Waals surface area contributed by atoms with E-state index in [2.05, 4.69) is 5.10 Å². The number of carboxylic acids is 1. The molecule has 1 aromatic heterocycles. The monoisotopic (exact) mass is 524 g/mol. The largest absolute Gasteiger partial charge is 0.487 e. The number of ether oxygens (including phenoxy) is 1. The number of carboxylic acid groups (broad SMARTS) is 1. The molecule has 0 bridgehead atoms. The number of alkyl halides is 3. The fraction of sp³-hybridized carbons (Fsp3) is 0.0833. The van der Waals surface area contributed by atoms with Gasteiger partial charge in [0.05, 0.1) is 21.3 Å². The Balaban J connectivity index is 1.59. The van der Waals surface area contributed by atoms with Gasteiger partial charge in [-0.1, -0.05) is 47.5 Å². The van der Waals surface area contributed by atoms with Crippen molar-refractivity contribution in [1.82, 2.24) is 9.78 Å². The molecule has 0 spiro atoms. The van der Waals surface area contributed by atoms with Crippen LogP contribution in [0.1, 0.15) is 21.7 Å². The van der Waals surface area contributed by atoms with Crippen molar-refractivity contribution in [3.63, 3.8) is 0 Å². The van der Waals surface area contributed by atoms with Crippen molar-refractivity contribution >= 4 is 29.2 Å². The highest BCUT2D eigenvalue weighted by atomic mass is 35.5. The number of rotatable bonds is 6. The summed E-state index contributed by atoms with van der Waals surface area (Å²) in [5.41, 5.74) is -0.396. The summed E-state index contributed by atoms with van der Waals surface area (Å²) in [6.07, 6.45) is -4.69. The van der Waals surface area contributed by atoms with Crippen LogP contribution in [-0.4, -0.2) is 20.9 Å². The summed E-state index contributed by atoms with van der Waals surface area (Å²) in [7, 11) is 0. The molecule has 0 radical (unpaired) electrons. The van der Waals surface area contributed by atoms with Gasteiger partial charge in [0.15, 0.2) is 5.69 Å². The van der Waals surface area contributed by atoms with Crippen molar-refractivity contribution in [2.24, 2.45) is 0 Å². The Morgan fingerprint density at radius 2 is 1.60 bits per heavy atom. The van der Waals surface area contributed by atoms with E-state index in [9.17, 15) is 22.4 Å². The first-order chi connectivity index (χ1) is 16.5. The normalized spacial score (nSPS) is 11.5. The number of benzene rings is 3. The molecule has 0 fully saturated rings. The predicted molar refractivity (Wildman–Crippen MR) is 122 cm³/mol. The van der Waals surface area contributed by atoms with E-state index < -0.39 is 29.2 Å². The second-order valence-corrected chi connectivity index (χ2v) is 8.13. The van der Waals surface area contributed by atoms with Gasteiger partial charge in [0, 0.05) is 0 Å². The summed E-state index contributed by atoms with van der Waals surface area (Å²) in [4.78, 5) is 11.0. The number of para-hydroxylation sites is 1. The highest BCUT2D eigenvalue weighted by Gasteiger charge is 2.35. The first-order valence-corrected chi connectivity index (χ1v) is 10.7. The van der Waals surface area contributed by atoms with E-state index >= 15 is 0 Å². The summed E-state index contributed by atoms with van der Waals surface area (Å²) in [6.45, 7) is -0.286. The summed E-state index contributed by atoms with van der Waals surface area (Å²) in [5.74, 6) is -1.92. The van der Waals surface area contributed by atoms with Gasteiger partial charge in [-0.2, -0.15) is 18.3 Å². The first-order valence-electron chi connectivity index (χ1n) is 9.91. The zero-order chi connectivity index (χ0) is 25.3. The third kappa shape index (κ3) is 5.26. The van der Waals surface area contributed by atoms with Crippen LogP contribution in [0.4, 0.5) is 17.6 Å². The molecule has 11 heteroatoms. The molecule has 3 aromatic carbocycles. The number of aromatic nitrogens is 2. The lowest BCUT2D eigenvalue weighted by Gasteiger charge is -2.12. The number of aromatic carboxylic acids is 1. The maximum atomic E-state index is 14.0. The van der Waals surface area contributed by atoms with Gasteiger partial charge in [0.2, 0.25) is 0 Å². The number of hydrogen-bond acceptors (Lipinski definition) is 3. The van der Waals surface area contributed by atoms with E-state index in [1.54, 1.807) is 30.3 Å². The van der Waals surface area contributed by atoms with Gasteiger partial charge < -0.3 is 9.84 Å². The summed E-state index contributed by atoms with van der Waals surface area (Å²) in [5, 5.41) is 12.8. The quantitative estimate of drug-likeness (QED) is 0.269. The Kier molecular flexibility index (Phi) is 6.73. The predicted octanol–water partition coefficient (Wildman–Crippen LogP) is 7.28. The minimum atomic E-state index is -4.69. The van der Waals surface area contributed by atoms with Gasteiger partial charge in [0.1, 0.15) is 23.9 Å². The third-order valence-corrected chi connectivity index (χ3v) is 5.61. The molecule has 1 heterocycles. The number of hydrogen-bond donors (Lipinski definition) is 1. The van der Waals surface area contributed by atoms with Crippen LogP contribution in [0.15, 0.2) is 66.7 Å². The molecule has 180 valence electrons. The van der Waals surface area contributed by atoms with Crippen LogP contribution in [0.2, 0.25) is 10.0 Å². The zero-order valence-electron chi connectivity index (χ0n) is 17.5. The Morgan fingerprint density at radius 3 is 2.17 bits per heavy atom. The third-order valence-electron chi connectivity index (χ3n) is 5.00. The van der Waals surface area contributed by atoms with E-state index in [0.29, 0.717) is 16.9 Å². The van der Waals surface area contributed by atoms with Gasteiger partial charge in [-0.25, -0.2) is 13.9 Å². The summed E-state index contributed by atoms with van der Waals surface area (Å²) < 4.78 is 60.6. The highest BCUT2D eigenvalue weighted by Crippen LogP contribution is 2.34. The van der Waals surface area contributed by atoms with Crippen LogP contribution in [0.3, 0.4) is 0 Å². The fourth-order valence-electron chi connectivity index (χ4n) is 3.32. The lowest BCUT2D eigenvalue weighted by Crippen LogP contribution is -2.09. The van der Waals surface area contributed by atoms with Crippen LogP contribution in [0.25, 0.3) is 16.8 Å². The van der Waals surface area contributed by atoms with E-state index in [1.807, 2.05) is 0 Å². The maximum Gasteiger partial charge on any atom is 0.435 e. The molecule has 0 atom stereocenters. The Hall–Kier alpha value is -3.56. The molecule has 35 heavy (non-hydrogen) atoms. The molecule has 0 aliphatic heterocycles. The molecular formula is C24H14Cl2F4N2O3. The molecule has 0 aliphatic carbocycles. The first kappa shape index (κ1) is 24.6. The average Bonchev–Trinajstić information content (AvgIpc) is 3.22. The molecule has 0 unspecified atom stereocenters. The lowest BCUT2D eigenvalue weighted by molar-refractivity contribution is -0.141. The van der Waals surface area contributed by atoms with E-state index in [1.165, 1.54) is 18.2 Å². The summed E-state index contributed by atoms with van der Waals surface area (Å²) in [6, 6.07) is 15.4. The van der Waals surface area contributed by atoms with Crippen LogP contribution in [0, 0.1) is 5.82 Å². The topological polar surface area (TPSA) is 64.3 Å². The number of halogens is 6. The van der Waals surface area contributed by atoms with Crippen molar-refractivity contribution in [2.75, 3.05) is 0 Å². The second kappa shape index (κ2) is 9.59. The standard InChI is InChI=1S/C24H14Cl2F4N2O3/c25-18-2-1-3-19(26)22(18)32-15(11-21(31-32)24(28,29)30)12-35-16-7-4-13(5-8-16)14-6-9-17(23(33)34)20(27)10-14/h1-11H,12H2,(H,33,34). The Labute approximate surface area is 206 Å². The van der Waals surface area contributed by atoms with Crippen LogP contribution in [0.5, 0.6) is 5.75 Å². The van der Waals surface area contributed by atoms with Crippen molar-refractivity contribution < 1.29 is 32.2 Å². The smallest absolute Gasteiger partial charge is 0.435 e. The Bertz CT molecular complexity index is 1380. The average molecular weight is 525 g/mol. The van der Waals surface area contributed by atoms with E-state index in [0.717, 1.165) is 22.9 Å². The van der Waals surface area contributed by atoms with Crippen LogP contribution < -0.4 is 4.74 Å². The fourth-order valence-corrected chi connectivity index (χ4v) is 3.87. The minimum Gasteiger partial charge on any atom is -0.487 e.